The van der Waals surface area contributed by atoms with Gasteiger partial charge in [0.1, 0.15) is 11.6 Å². The number of nitrogens with one attached hydrogen (secondary N) is 3. The van der Waals surface area contributed by atoms with E-state index < -0.39 is 5.56 Å². The van der Waals surface area contributed by atoms with Crippen molar-refractivity contribution in [3.05, 3.63) is 81.1 Å². The second kappa shape index (κ2) is 10.1. The number of halogens is 2. The Hall–Kier alpha value is -3.27. The van der Waals surface area contributed by atoms with Crippen LogP contribution in [-0.4, -0.2) is 46.7 Å². The molecule has 4 rings (SSSR count). The van der Waals surface area contributed by atoms with Gasteiger partial charge in [-0.1, -0.05) is 29.8 Å². The van der Waals surface area contributed by atoms with Gasteiger partial charge in [0.15, 0.2) is 0 Å². The van der Waals surface area contributed by atoms with E-state index in [0.29, 0.717) is 36.0 Å². The Labute approximate surface area is 194 Å². The van der Waals surface area contributed by atoms with E-state index in [4.69, 9.17) is 21.7 Å². The van der Waals surface area contributed by atoms with Gasteiger partial charge in [0.05, 0.1) is 54.0 Å². The molecule has 172 valence electrons. The molecule has 0 amide bonds. The summed E-state index contributed by atoms with van der Waals surface area (Å²) in [6.45, 7) is 1.04. The van der Waals surface area contributed by atoms with Crippen LogP contribution in [0.5, 0.6) is 0 Å². The minimum Gasteiger partial charge on any atom is -0.396 e. The Balaban J connectivity index is 1.62. The molecule has 3 aromatic rings. The van der Waals surface area contributed by atoms with Gasteiger partial charge in [0, 0.05) is 36.5 Å². The standard InChI is InChI=1S/C23H23ClFN5O3/c24-17-10-28-22(29-20-13-33-12-15(20)11-31)7-21(17)30-6-5-19(16(8-26)23(30)32)27-9-14-3-1-2-4-18(14)25/h1-8,10,15,20,26-27,31H,9,11-13H2,(H,28,29)/t15?,20-/m0/s1. The number of hydrogen-bond donors (Lipinski definition) is 4. The predicted octanol–water partition coefficient (Wildman–Crippen LogP) is 3.05. The summed E-state index contributed by atoms with van der Waals surface area (Å²) in [5.74, 6) is 0.0702. The molecule has 0 spiro atoms. The van der Waals surface area contributed by atoms with Gasteiger partial charge in [-0.2, -0.15) is 0 Å². The van der Waals surface area contributed by atoms with E-state index in [-0.39, 0.29) is 41.5 Å². The van der Waals surface area contributed by atoms with E-state index in [1.54, 1.807) is 36.5 Å². The van der Waals surface area contributed by atoms with Crippen LogP contribution in [-0.2, 0) is 11.3 Å². The quantitative estimate of drug-likeness (QED) is 0.376. The molecule has 0 bridgehead atoms. The van der Waals surface area contributed by atoms with Crippen molar-refractivity contribution >= 4 is 29.3 Å². The largest absolute Gasteiger partial charge is 0.396 e. The van der Waals surface area contributed by atoms with Gasteiger partial charge in [-0.25, -0.2) is 9.37 Å². The molecule has 33 heavy (non-hydrogen) atoms. The van der Waals surface area contributed by atoms with Crippen LogP contribution in [0.15, 0.2) is 53.6 Å². The fourth-order valence-electron chi connectivity index (χ4n) is 3.69. The molecular formula is C23H23ClFN5O3. The van der Waals surface area contributed by atoms with Gasteiger partial charge >= 0.3 is 0 Å². The van der Waals surface area contributed by atoms with Crippen molar-refractivity contribution in [1.29, 1.82) is 5.41 Å². The van der Waals surface area contributed by atoms with Gasteiger partial charge in [0.25, 0.3) is 5.56 Å². The predicted molar refractivity (Wildman–Crippen MR) is 125 cm³/mol. The summed E-state index contributed by atoms with van der Waals surface area (Å²) in [6, 6.07) is 9.51. The minimum atomic E-state index is -0.458. The number of hydrogen-bond acceptors (Lipinski definition) is 7. The topological polar surface area (TPSA) is 112 Å². The summed E-state index contributed by atoms with van der Waals surface area (Å²) in [7, 11) is 0. The van der Waals surface area contributed by atoms with Gasteiger partial charge in [-0.3, -0.25) is 9.36 Å². The molecule has 2 atom stereocenters. The number of benzene rings is 1. The maximum atomic E-state index is 13.9. The summed E-state index contributed by atoms with van der Waals surface area (Å²) in [4.78, 5) is 17.4. The number of ether oxygens (including phenoxy) is 1. The normalized spacial score (nSPS) is 17.7. The van der Waals surface area contributed by atoms with E-state index in [1.165, 1.54) is 16.8 Å². The molecule has 4 N–H and O–H groups in total. The van der Waals surface area contributed by atoms with Crippen LogP contribution in [0, 0.1) is 17.1 Å². The van der Waals surface area contributed by atoms with E-state index in [0.717, 1.165) is 6.21 Å². The summed E-state index contributed by atoms with van der Waals surface area (Å²) >= 11 is 6.34. The fourth-order valence-corrected chi connectivity index (χ4v) is 3.88. The Morgan fingerprint density at radius 2 is 2.15 bits per heavy atom. The third-order valence-electron chi connectivity index (χ3n) is 5.56. The lowest BCUT2D eigenvalue weighted by Crippen LogP contribution is -2.30. The molecule has 2 aromatic heterocycles. The molecular weight excluding hydrogens is 449 g/mol. The first kappa shape index (κ1) is 22.9. The summed E-state index contributed by atoms with van der Waals surface area (Å²) in [5.41, 5.74) is 0.901. The average molecular weight is 472 g/mol. The molecule has 1 unspecified atom stereocenters. The fraction of sp³-hybridized carbons (Fsp3) is 0.261. The van der Waals surface area contributed by atoms with Crippen LogP contribution in [0.1, 0.15) is 11.1 Å². The van der Waals surface area contributed by atoms with Gasteiger partial charge < -0.3 is 25.9 Å². The maximum absolute atomic E-state index is 13.9. The van der Waals surface area contributed by atoms with E-state index in [9.17, 15) is 14.3 Å². The van der Waals surface area contributed by atoms with Gasteiger partial charge in [-0.05, 0) is 12.1 Å². The number of aliphatic hydroxyl groups excluding tert-OH is 1. The summed E-state index contributed by atoms with van der Waals surface area (Å²) in [6.07, 6.45) is 3.93. The van der Waals surface area contributed by atoms with E-state index in [1.807, 2.05) is 0 Å². The van der Waals surface area contributed by atoms with Crippen LogP contribution < -0.4 is 16.2 Å². The smallest absolute Gasteiger partial charge is 0.266 e. The van der Waals surface area contributed by atoms with Crippen LogP contribution in [0.2, 0.25) is 5.02 Å². The monoisotopic (exact) mass is 471 g/mol. The molecule has 1 saturated heterocycles. The van der Waals surface area contributed by atoms with Crippen LogP contribution >= 0.6 is 11.6 Å². The molecule has 0 radical (unpaired) electrons. The third kappa shape index (κ3) is 4.90. The highest BCUT2D eigenvalue weighted by Gasteiger charge is 2.28. The number of aromatic nitrogens is 2. The van der Waals surface area contributed by atoms with Crippen molar-refractivity contribution in [2.45, 2.75) is 12.6 Å². The van der Waals surface area contributed by atoms with Crippen LogP contribution in [0.3, 0.4) is 0 Å². The van der Waals surface area contributed by atoms with Gasteiger partial charge in [-0.15, -0.1) is 0 Å². The highest BCUT2D eigenvalue weighted by molar-refractivity contribution is 6.32. The second-order valence-corrected chi connectivity index (χ2v) is 8.07. The number of pyridine rings is 2. The van der Waals surface area contributed by atoms with Crippen molar-refractivity contribution in [3.8, 4) is 5.69 Å². The highest BCUT2D eigenvalue weighted by Crippen LogP contribution is 2.25. The molecule has 3 heterocycles. The summed E-state index contributed by atoms with van der Waals surface area (Å²) in [5, 5.41) is 23.7. The summed E-state index contributed by atoms with van der Waals surface area (Å²) < 4.78 is 20.7. The molecule has 10 heteroatoms. The van der Waals surface area contributed by atoms with Gasteiger partial charge in [0.2, 0.25) is 0 Å². The first-order chi connectivity index (χ1) is 16.0. The molecule has 8 nitrogen and oxygen atoms in total. The molecule has 1 aliphatic rings. The van der Waals surface area contributed by atoms with Crippen LogP contribution in [0.25, 0.3) is 5.69 Å². The lowest BCUT2D eigenvalue weighted by Gasteiger charge is -2.19. The molecule has 1 aliphatic heterocycles. The van der Waals surface area contributed by atoms with Crippen molar-refractivity contribution in [3.63, 3.8) is 0 Å². The minimum absolute atomic E-state index is 0.0123. The Morgan fingerprint density at radius 1 is 1.33 bits per heavy atom. The Kier molecular flexibility index (Phi) is 7.02. The molecule has 0 saturated carbocycles. The SMILES string of the molecule is N=Cc1c(NCc2ccccc2F)ccn(-c2cc(N[C@H]3COCC3CO)ncc2Cl)c1=O. The number of rotatable bonds is 8. The Bertz CT molecular complexity index is 1220. The van der Waals surface area contributed by atoms with E-state index >= 15 is 0 Å². The van der Waals surface area contributed by atoms with Crippen molar-refractivity contribution in [2.75, 3.05) is 30.5 Å². The maximum Gasteiger partial charge on any atom is 0.266 e. The number of anilines is 2. The first-order valence-corrected chi connectivity index (χ1v) is 10.7. The lowest BCUT2D eigenvalue weighted by atomic mass is 10.1. The zero-order chi connectivity index (χ0) is 23.4. The second-order valence-electron chi connectivity index (χ2n) is 7.66. The number of aliphatic hydroxyl groups is 1. The highest BCUT2D eigenvalue weighted by atomic mass is 35.5. The molecule has 1 aromatic carbocycles. The molecule has 0 aliphatic carbocycles. The van der Waals surface area contributed by atoms with Crippen LogP contribution in [0.4, 0.5) is 15.9 Å². The zero-order valence-electron chi connectivity index (χ0n) is 17.6. The zero-order valence-corrected chi connectivity index (χ0v) is 18.3. The first-order valence-electron chi connectivity index (χ1n) is 10.4. The average Bonchev–Trinajstić information content (AvgIpc) is 3.27. The van der Waals surface area contributed by atoms with Crippen molar-refractivity contribution in [2.24, 2.45) is 5.92 Å². The van der Waals surface area contributed by atoms with Crippen molar-refractivity contribution < 1.29 is 14.2 Å². The molecule has 1 fully saturated rings. The lowest BCUT2D eigenvalue weighted by molar-refractivity contribution is 0.161. The van der Waals surface area contributed by atoms with Crippen molar-refractivity contribution in [1.82, 2.24) is 9.55 Å². The number of nitrogens with zero attached hydrogens (tertiary/aromatic N) is 2. The Morgan fingerprint density at radius 3 is 2.91 bits per heavy atom. The van der Waals surface area contributed by atoms with E-state index in [2.05, 4.69) is 15.6 Å². The third-order valence-corrected chi connectivity index (χ3v) is 5.85.